The number of ether oxygens (including phenoxy) is 11. The molecule has 6 saturated heterocycles. The normalized spacial score (nSPS) is 53.6. The molecule has 114 heavy (non-hydrogen) atoms. The summed E-state index contributed by atoms with van der Waals surface area (Å²) in [5.74, 6) is -1.31. The van der Waals surface area contributed by atoms with Gasteiger partial charge < -0.3 is 133 Å². The van der Waals surface area contributed by atoms with Crippen LogP contribution in [0.15, 0.2) is 58.1 Å². The van der Waals surface area contributed by atoms with E-state index in [4.69, 9.17) is 56.5 Å². The van der Waals surface area contributed by atoms with Crippen molar-refractivity contribution in [3.8, 4) is 0 Å². The highest BCUT2D eigenvalue weighted by molar-refractivity contribution is 6.06. The van der Waals surface area contributed by atoms with E-state index >= 15 is 4.79 Å². The standard InChI is InChI=1S/C58H94O25.C26H30O5/c1-23-44(80-47-40(69)34(63)27(60)21-74-47)38(67)42(71)48(76-23)79-33-13-14-55(7)30(54(33,5)6)12-15-56(8)31(55)11-10-25-26-18-53(3,4)16-17-58(26,32(62)19-57(25,56)9)52(73)83-51-46(35(64)28(61)22-75-51)82-49-43(72)39(68)45(24(2)77-49)81-50-41(70)37(66)36(65)29(20-59)78-50;1-22(2)17(27)7-9-23(3)16-6-10-24(4)15(14-8-11-30-13-14)12-18-26(24,31-18)25(16,5)21(29)19(28)20(22)23/h10,23-24,26-51,59-72H,11-22H2,1-9H3;7-9,11,13,15-16,18,28H,6,10,12H2,1-5H3. The quantitative estimate of drug-likeness (QED) is 0.0619. The second-order valence-corrected chi connectivity index (χ2v) is 39.8. The van der Waals surface area contributed by atoms with Gasteiger partial charge in [-0.05, 0) is 192 Å². The van der Waals surface area contributed by atoms with Crippen LogP contribution in [-0.4, -0.2) is 279 Å². The summed E-state index contributed by atoms with van der Waals surface area (Å²) in [7, 11) is 0. The Morgan fingerprint density at radius 3 is 1.80 bits per heavy atom. The maximum Gasteiger partial charge on any atom is 0.317 e. The number of hydrogen-bond donors (Lipinski definition) is 15. The second-order valence-electron chi connectivity index (χ2n) is 39.8. The fourth-order valence-corrected chi connectivity index (χ4v) is 26.3. The molecule has 6 saturated carbocycles. The van der Waals surface area contributed by atoms with Crippen LogP contribution in [0.1, 0.15) is 185 Å². The molecule has 0 amide bonds. The third-order valence-corrected chi connectivity index (χ3v) is 32.9. The summed E-state index contributed by atoms with van der Waals surface area (Å²) >= 11 is 0. The van der Waals surface area contributed by atoms with E-state index in [9.17, 15) is 86.2 Å². The molecule has 16 rings (SSSR count). The topological polar surface area (TPSA) is 473 Å². The average Bonchev–Trinajstić information content (AvgIpc) is 1.45. The number of ketones is 2. The van der Waals surface area contributed by atoms with Gasteiger partial charge in [0.05, 0.1) is 73.7 Å². The molecule has 0 aromatic carbocycles. The van der Waals surface area contributed by atoms with E-state index < -0.39 is 217 Å². The number of allylic oxidation sites excluding steroid dienone is 6. The molecule has 640 valence electrons. The fourth-order valence-electron chi connectivity index (χ4n) is 26.3. The molecule has 12 fully saturated rings. The lowest BCUT2D eigenvalue weighted by atomic mass is 9.33. The molecule has 30 nitrogen and oxygen atoms in total. The smallest absolute Gasteiger partial charge is 0.317 e. The summed E-state index contributed by atoms with van der Waals surface area (Å²) < 4.78 is 71.5. The first-order chi connectivity index (χ1) is 53.2. The summed E-state index contributed by atoms with van der Waals surface area (Å²) in [5.41, 5.74) is -3.68. The lowest BCUT2D eigenvalue weighted by Gasteiger charge is -2.71. The van der Waals surface area contributed by atoms with Gasteiger partial charge in [0.2, 0.25) is 12.1 Å². The molecule has 6 aliphatic heterocycles. The minimum atomic E-state index is -1.93. The number of Topliss-reactive ketones (excluding diaryl/α,β-unsaturated/α-hetero) is 1. The first kappa shape index (κ1) is 85.1. The predicted molar refractivity (Wildman–Crippen MR) is 395 cm³/mol. The van der Waals surface area contributed by atoms with Crippen LogP contribution in [0, 0.1) is 77.8 Å². The fraction of sp³-hybridized carbons (Fsp3) is 0.845. The monoisotopic (exact) mass is 1610 g/mol. The number of aliphatic hydroxyl groups excluding tert-OH is 15. The van der Waals surface area contributed by atoms with Crippen LogP contribution in [0.4, 0.5) is 0 Å². The van der Waals surface area contributed by atoms with Crippen molar-refractivity contribution in [1.82, 2.24) is 0 Å². The van der Waals surface area contributed by atoms with E-state index in [0.717, 1.165) is 44.1 Å². The summed E-state index contributed by atoms with van der Waals surface area (Å²) in [6, 6.07) is 2.03. The largest absolute Gasteiger partial charge is 0.504 e. The van der Waals surface area contributed by atoms with Crippen molar-refractivity contribution in [3.05, 3.63) is 59.3 Å². The number of furan rings is 1. The Morgan fingerprint density at radius 1 is 0.579 bits per heavy atom. The predicted octanol–water partition coefficient (Wildman–Crippen LogP) is 2.99. The summed E-state index contributed by atoms with van der Waals surface area (Å²) in [4.78, 5) is 42.2. The van der Waals surface area contributed by atoms with Crippen molar-refractivity contribution >= 4 is 17.5 Å². The lowest BCUT2D eigenvalue weighted by molar-refractivity contribution is -0.374. The molecule has 39 atom stereocenters. The number of esters is 1. The Hall–Kier alpha value is -3.85. The van der Waals surface area contributed by atoms with Crippen LogP contribution >= 0.6 is 0 Å². The van der Waals surface area contributed by atoms with Crippen molar-refractivity contribution in [2.75, 3.05) is 19.8 Å². The van der Waals surface area contributed by atoms with E-state index in [1.54, 1.807) is 19.3 Å². The highest BCUT2D eigenvalue weighted by Crippen LogP contribution is 2.82. The number of carbonyl (C=O) groups is 3. The van der Waals surface area contributed by atoms with E-state index in [1.165, 1.54) is 12.5 Å². The van der Waals surface area contributed by atoms with Crippen LogP contribution in [0.5, 0.6) is 0 Å². The third-order valence-electron chi connectivity index (χ3n) is 32.9. The number of hydrogen-bond acceptors (Lipinski definition) is 30. The van der Waals surface area contributed by atoms with Gasteiger partial charge in [0.1, 0.15) is 103 Å². The Kier molecular flexibility index (Phi) is 21.8. The molecule has 15 N–H and O–H groups in total. The van der Waals surface area contributed by atoms with Crippen molar-refractivity contribution < 1.29 is 148 Å². The number of aliphatic hydroxyl groups is 15. The van der Waals surface area contributed by atoms with Crippen molar-refractivity contribution in [3.63, 3.8) is 0 Å². The van der Waals surface area contributed by atoms with Crippen molar-refractivity contribution in [2.45, 2.75) is 345 Å². The summed E-state index contributed by atoms with van der Waals surface area (Å²) in [6.07, 6.45) is -19.5. The first-order valence-electron chi connectivity index (χ1n) is 41.3. The molecule has 39 unspecified atom stereocenters. The Morgan fingerprint density at radius 2 is 1.16 bits per heavy atom. The molecule has 1 aromatic rings. The van der Waals surface area contributed by atoms with Gasteiger partial charge in [-0.1, -0.05) is 80.0 Å². The van der Waals surface area contributed by atoms with E-state index in [-0.39, 0.29) is 88.2 Å². The van der Waals surface area contributed by atoms with Crippen molar-refractivity contribution in [1.29, 1.82) is 0 Å². The molecule has 0 radical (unpaired) electrons. The molecule has 15 aliphatic rings. The minimum Gasteiger partial charge on any atom is -0.504 e. The van der Waals surface area contributed by atoms with Gasteiger partial charge in [0, 0.05) is 10.8 Å². The summed E-state index contributed by atoms with van der Waals surface area (Å²) in [6.45, 7) is 27.2. The number of carbonyl (C=O) groups excluding carboxylic acids is 3. The molecular weight excluding hydrogens is 1490 g/mol. The molecule has 7 heterocycles. The zero-order chi connectivity index (χ0) is 82.8. The number of rotatable bonds is 12. The molecular formula is C84H124O30. The molecule has 1 aromatic heterocycles. The minimum absolute atomic E-state index is 0.00527. The summed E-state index contributed by atoms with van der Waals surface area (Å²) in [5, 5.41) is 164. The van der Waals surface area contributed by atoms with E-state index in [0.29, 0.717) is 31.3 Å². The van der Waals surface area contributed by atoms with E-state index in [2.05, 4.69) is 68.4 Å². The van der Waals surface area contributed by atoms with Crippen LogP contribution in [0.3, 0.4) is 0 Å². The van der Waals surface area contributed by atoms with Gasteiger partial charge in [-0.25, -0.2) is 0 Å². The Balaban J connectivity index is 0.000000272. The lowest BCUT2D eigenvalue weighted by Crippen LogP contribution is -2.68. The van der Waals surface area contributed by atoms with Gasteiger partial charge in [-0.2, -0.15) is 0 Å². The average molecular weight is 1610 g/mol. The molecule has 30 heteroatoms. The Labute approximate surface area is 664 Å². The van der Waals surface area contributed by atoms with Gasteiger partial charge in [-0.15, -0.1) is 0 Å². The van der Waals surface area contributed by atoms with Crippen LogP contribution in [-0.2, 0) is 66.5 Å². The van der Waals surface area contributed by atoms with Gasteiger partial charge >= 0.3 is 5.97 Å². The molecule has 9 aliphatic carbocycles. The van der Waals surface area contributed by atoms with E-state index in [1.807, 2.05) is 39.2 Å². The zero-order valence-electron chi connectivity index (χ0n) is 67.8. The maximum atomic E-state index is 15.4. The number of fused-ring (bicyclic) bond motifs is 10. The van der Waals surface area contributed by atoms with Crippen LogP contribution < -0.4 is 0 Å². The zero-order valence-corrected chi connectivity index (χ0v) is 67.8. The highest BCUT2D eigenvalue weighted by atomic mass is 16.8. The van der Waals surface area contributed by atoms with Gasteiger partial charge in [0.25, 0.3) is 0 Å². The van der Waals surface area contributed by atoms with Gasteiger partial charge in [-0.3, -0.25) is 14.4 Å². The SMILES string of the molecule is CC1(C)C(=O)C=CC2(C)C1=C(O)C(=O)C1(C)C2CCC2(C)C(c3ccoc3)CC3OC321.CC1OC(OC2CCC3(C)C(CCC4(C)C3CC=C3C5CC(C)(C)CCC5(C(=O)OC5OCC(O)C(O)C5OC5OC(C)C(OC6OC(CO)C(O)C(O)C6O)C(O)C5O)C(O)CC34C)C2(C)C)C(O)C(O)C1OC1OCC(O)C(O)C1O. The Bertz CT molecular complexity index is 3880. The maximum absolute atomic E-state index is 15.4. The van der Waals surface area contributed by atoms with Crippen LogP contribution in [0.25, 0.3) is 0 Å². The first-order valence-corrected chi connectivity index (χ1v) is 41.3. The van der Waals surface area contributed by atoms with Crippen LogP contribution in [0.2, 0.25) is 0 Å². The van der Waals surface area contributed by atoms with Crippen molar-refractivity contribution in [2.24, 2.45) is 77.8 Å². The second kappa shape index (κ2) is 29.2. The van der Waals surface area contributed by atoms with Gasteiger partial charge in [0.15, 0.2) is 42.8 Å². The highest BCUT2D eigenvalue weighted by Gasteiger charge is 2.87. The molecule has 0 bridgehead atoms. The third kappa shape index (κ3) is 12.3. The number of epoxide rings is 1. The molecule has 1 spiro atoms.